The highest BCUT2D eigenvalue weighted by Gasteiger charge is 2.27. The first-order valence-electron chi connectivity index (χ1n) is 8.96. The molecular formula is C19H32IN5O2. The average Bonchev–Trinajstić information content (AvgIpc) is 3.02. The molecule has 0 aliphatic rings. The molecule has 0 amide bonds. The fourth-order valence-electron chi connectivity index (χ4n) is 3.06. The van der Waals surface area contributed by atoms with Crippen LogP contribution >= 0.6 is 24.0 Å². The van der Waals surface area contributed by atoms with Crippen LogP contribution in [0.2, 0.25) is 0 Å². The smallest absolute Gasteiger partial charge is 0.191 e. The molecule has 1 atom stereocenters. The predicted octanol–water partition coefficient (Wildman–Crippen LogP) is 2.83. The lowest BCUT2D eigenvalue weighted by molar-refractivity contribution is 0.0601. The molecule has 2 rings (SSSR count). The second kappa shape index (κ2) is 9.59. The van der Waals surface area contributed by atoms with Crippen LogP contribution in [0.1, 0.15) is 47.9 Å². The van der Waals surface area contributed by atoms with E-state index in [4.69, 9.17) is 4.42 Å². The lowest BCUT2D eigenvalue weighted by Crippen LogP contribution is -2.44. The number of nitrogens with zero attached hydrogens (tertiary/aromatic N) is 3. The van der Waals surface area contributed by atoms with Gasteiger partial charge in [-0.05, 0) is 47.6 Å². The minimum atomic E-state index is -1.06. The normalized spacial score (nSPS) is 13.9. The van der Waals surface area contributed by atoms with E-state index in [9.17, 15) is 5.11 Å². The molecule has 0 fully saturated rings. The summed E-state index contributed by atoms with van der Waals surface area (Å²) in [5.41, 5.74) is 2.95. The zero-order valence-corrected chi connectivity index (χ0v) is 19.6. The van der Waals surface area contributed by atoms with Crippen molar-refractivity contribution in [1.82, 2.24) is 20.4 Å². The van der Waals surface area contributed by atoms with Crippen LogP contribution in [0.4, 0.5) is 0 Å². The Morgan fingerprint density at radius 2 is 1.96 bits per heavy atom. The molecule has 27 heavy (non-hydrogen) atoms. The summed E-state index contributed by atoms with van der Waals surface area (Å²) >= 11 is 0. The van der Waals surface area contributed by atoms with Gasteiger partial charge in [0.05, 0.1) is 18.8 Å². The van der Waals surface area contributed by atoms with E-state index >= 15 is 0 Å². The van der Waals surface area contributed by atoms with E-state index in [0.717, 1.165) is 40.6 Å². The molecule has 0 aliphatic carbocycles. The Hall–Kier alpha value is -1.55. The Balaban J connectivity index is 0.00000364. The molecule has 8 heteroatoms. The van der Waals surface area contributed by atoms with E-state index in [-0.39, 0.29) is 24.0 Å². The standard InChI is InChI=1S/C19H31N5O2.HI/c1-8-20-18(21-10-16-13(3)23-24(7)14(16)4)22-11-19(6,25)17-9-12(2)26-15(17)5;/h9,25H,8,10-11H2,1-7H3,(H2,20,21,22);1H. The molecule has 2 heterocycles. The molecule has 0 spiro atoms. The minimum Gasteiger partial charge on any atom is -0.466 e. The van der Waals surface area contributed by atoms with E-state index in [2.05, 4.69) is 20.7 Å². The van der Waals surface area contributed by atoms with Crippen molar-refractivity contribution in [3.63, 3.8) is 0 Å². The number of halogens is 1. The Morgan fingerprint density at radius 1 is 1.30 bits per heavy atom. The maximum Gasteiger partial charge on any atom is 0.191 e. The molecule has 0 aliphatic heterocycles. The van der Waals surface area contributed by atoms with Crippen LogP contribution in [0.25, 0.3) is 0 Å². The molecule has 2 aromatic rings. The minimum absolute atomic E-state index is 0. The number of aryl methyl sites for hydroxylation is 4. The van der Waals surface area contributed by atoms with Gasteiger partial charge in [0.1, 0.15) is 17.1 Å². The van der Waals surface area contributed by atoms with Crippen LogP contribution in [0, 0.1) is 27.7 Å². The fraction of sp³-hybridized carbons (Fsp3) is 0.579. The molecule has 0 bridgehead atoms. The molecule has 1 unspecified atom stereocenters. The van der Waals surface area contributed by atoms with Crippen molar-refractivity contribution in [2.45, 2.75) is 53.7 Å². The SMILES string of the molecule is CCNC(=NCc1c(C)nn(C)c1C)NCC(C)(O)c1cc(C)oc1C.I. The van der Waals surface area contributed by atoms with Crippen molar-refractivity contribution in [3.05, 3.63) is 40.1 Å². The summed E-state index contributed by atoms with van der Waals surface area (Å²) in [4.78, 5) is 4.65. The van der Waals surface area contributed by atoms with Crippen LogP contribution < -0.4 is 10.6 Å². The second-order valence-corrected chi connectivity index (χ2v) is 6.92. The molecule has 0 aromatic carbocycles. The van der Waals surface area contributed by atoms with Gasteiger partial charge in [0.25, 0.3) is 0 Å². The molecule has 152 valence electrons. The third kappa shape index (κ3) is 5.71. The zero-order valence-electron chi connectivity index (χ0n) is 17.3. The number of guanidine groups is 1. The molecule has 3 N–H and O–H groups in total. The first kappa shape index (κ1) is 23.5. The highest BCUT2D eigenvalue weighted by atomic mass is 127. The Kier molecular flexibility index (Phi) is 8.34. The highest BCUT2D eigenvalue weighted by Crippen LogP contribution is 2.26. The largest absolute Gasteiger partial charge is 0.466 e. The van der Waals surface area contributed by atoms with Gasteiger partial charge < -0.3 is 20.2 Å². The number of hydrogen-bond acceptors (Lipinski definition) is 4. The van der Waals surface area contributed by atoms with Gasteiger partial charge in [-0.3, -0.25) is 4.68 Å². The number of aliphatic imine (C=N–C) groups is 1. The summed E-state index contributed by atoms with van der Waals surface area (Å²) in [6.45, 7) is 13.2. The van der Waals surface area contributed by atoms with E-state index in [1.165, 1.54) is 0 Å². The van der Waals surface area contributed by atoms with Crippen molar-refractivity contribution < 1.29 is 9.52 Å². The topological polar surface area (TPSA) is 87.6 Å². The van der Waals surface area contributed by atoms with E-state index in [1.54, 1.807) is 6.92 Å². The number of hydrogen-bond donors (Lipinski definition) is 3. The second-order valence-electron chi connectivity index (χ2n) is 6.92. The fourth-order valence-corrected chi connectivity index (χ4v) is 3.06. The van der Waals surface area contributed by atoms with Gasteiger partial charge in [0, 0.05) is 30.4 Å². The van der Waals surface area contributed by atoms with Crippen LogP contribution in [0.15, 0.2) is 15.5 Å². The van der Waals surface area contributed by atoms with Gasteiger partial charge in [0.15, 0.2) is 5.96 Å². The lowest BCUT2D eigenvalue weighted by atomic mass is 9.96. The number of nitrogens with one attached hydrogen (secondary N) is 2. The summed E-state index contributed by atoms with van der Waals surface area (Å²) in [7, 11) is 1.94. The Morgan fingerprint density at radius 3 is 2.44 bits per heavy atom. The number of rotatable bonds is 6. The van der Waals surface area contributed by atoms with Gasteiger partial charge >= 0.3 is 0 Å². The number of aliphatic hydroxyl groups is 1. The monoisotopic (exact) mass is 489 g/mol. The van der Waals surface area contributed by atoms with Crippen LogP contribution in [0.5, 0.6) is 0 Å². The van der Waals surface area contributed by atoms with Crippen molar-refractivity contribution >= 4 is 29.9 Å². The van der Waals surface area contributed by atoms with Crippen molar-refractivity contribution in [2.24, 2.45) is 12.0 Å². The zero-order chi connectivity index (χ0) is 19.5. The van der Waals surface area contributed by atoms with Crippen molar-refractivity contribution in [2.75, 3.05) is 13.1 Å². The third-order valence-corrected chi connectivity index (χ3v) is 4.62. The first-order chi connectivity index (χ1) is 12.2. The van der Waals surface area contributed by atoms with E-state index in [1.807, 2.05) is 52.4 Å². The summed E-state index contributed by atoms with van der Waals surface area (Å²) in [6.07, 6.45) is 0. The molecule has 7 nitrogen and oxygen atoms in total. The van der Waals surface area contributed by atoms with Gasteiger partial charge in [-0.25, -0.2) is 4.99 Å². The average molecular weight is 489 g/mol. The Bertz CT molecular complexity index is 792. The summed E-state index contributed by atoms with van der Waals surface area (Å²) in [5, 5.41) is 21.7. The van der Waals surface area contributed by atoms with Gasteiger partial charge in [0.2, 0.25) is 0 Å². The predicted molar refractivity (Wildman–Crippen MR) is 119 cm³/mol. The van der Waals surface area contributed by atoms with Crippen LogP contribution in [0.3, 0.4) is 0 Å². The molecule has 0 saturated carbocycles. The van der Waals surface area contributed by atoms with Gasteiger partial charge in [-0.1, -0.05) is 0 Å². The maximum absolute atomic E-state index is 10.9. The third-order valence-electron chi connectivity index (χ3n) is 4.62. The molecule has 0 radical (unpaired) electrons. The van der Waals surface area contributed by atoms with Gasteiger partial charge in [-0.2, -0.15) is 5.10 Å². The summed E-state index contributed by atoms with van der Waals surface area (Å²) in [6, 6.07) is 1.88. The van der Waals surface area contributed by atoms with Crippen molar-refractivity contribution in [3.8, 4) is 0 Å². The van der Waals surface area contributed by atoms with Gasteiger partial charge in [-0.15, -0.1) is 24.0 Å². The van der Waals surface area contributed by atoms with Crippen molar-refractivity contribution in [1.29, 1.82) is 0 Å². The van der Waals surface area contributed by atoms with E-state index < -0.39 is 5.60 Å². The first-order valence-corrected chi connectivity index (χ1v) is 8.96. The lowest BCUT2D eigenvalue weighted by Gasteiger charge is -2.24. The maximum atomic E-state index is 10.9. The van der Waals surface area contributed by atoms with Crippen LogP contribution in [-0.4, -0.2) is 33.9 Å². The number of furan rings is 1. The molecule has 0 saturated heterocycles. The molecule has 2 aromatic heterocycles. The quantitative estimate of drug-likeness (QED) is 0.330. The molecular weight excluding hydrogens is 457 g/mol. The summed E-state index contributed by atoms with van der Waals surface area (Å²) < 4.78 is 7.42. The van der Waals surface area contributed by atoms with Crippen LogP contribution in [-0.2, 0) is 19.2 Å². The Labute approximate surface area is 178 Å². The highest BCUT2D eigenvalue weighted by molar-refractivity contribution is 14.0. The number of aromatic nitrogens is 2. The van der Waals surface area contributed by atoms with E-state index in [0.29, 0.717) is 19.0 Å². The summed E-state index contributed by atoms with van der Waals surface area (Å²) in [5.74, 6) is 2.19.